The van der Waals surface area contributed by atoms with Gasteiger partial charge in [-0.05, 0) is 19.0 Å². The van der Waals surface area contributed by atoms with Crippen LogP contribution in [-0.4, -0.2) is 32.5 Å². The van der Waals surface area contributed by atoms with Crippen LogP contribution in [0.4, 0.5) is 5.69 Å². The first-order valence-corrected chi connectivity index (χ1v) is 7.43. The van der Waals surface area contributed by atoms with Crippen LogP contribution >= 0.6 is 11.6 Å². The number of nitro groups is 1. The SMILES string of the molecule is O=[N+]([O-])c1ccc(Cl)c(S(=O)(=O)NC2CCNC2)c1. The number of sulfonamides is 1. The average molecular weight is 306 g/mol. The highest BCUT2D eigenvalue weighted by molar-refractivity contribution is 7.89. The summed E-state index contributed by atoms with van der Waals surface area (Å²) >= 11 is 5.81. The van der Waals surface area contributed by atoms with E-state index in [9.17, 15) is 18.5 Å². The predicted molar refractivity (Wildman–Crippen MR) is 69.7 cm³/mol. The van der Waals surface area contributed by atoms with Crippen molar-refractivity contribution < 1.29 is 13.3 Å². The first-order chi connectivity index (χ1) is 8.90. The Hall–Kier alpha value is -1.22. The molecule has 0 bridgehead atoms. The molecule has 7 nitrogen and oxygen atoms in total. The fourth-order valence-electron chi connectivity index (χ4n) is 1.85. The van der Waals surface area contributed by atoms with E-state index < -0.39 is 14.9 Å². The summed E-state index contributed by atoms with van der Waals surface area (Å²) in [5, 5.41) is 13.7. The summed E-state index contributed by atoms with van der Waals surface area (Å²) < 4.78 is 26.8. The molecule has 1 fully saturated rings. The lowest BCUT2D eigenvalue weighted by atomic mass is 10.3. The standard InChI is InChI=1S/C10H12ClN3O4S/c11-9-2-1-8(14(15)16)5-10(9)19(17,18)13-7-3-4-12-6-7/h1-2,5,7,12-13H,3-4,6H2. The van der Waals surface area contributed by atoms with Crippen molar-refractivity contribution in [2.45, 2.75) is 17.4 Å². The van der Waals surface area contributed by atoms with Gasteiger partial charge in [0.1, 0.15) is 4.90 Å². The van der Waals surface area contributed by atoms with Crippen molar-refractivity contribution in [2.24, 2.45) is 0 Å². The van der Waals surface area contributed by atoms with E-state index in [0.717, 1.165) is 12.6 Å². The number of halogens is 1. The van der Waals surface area contributed by atoms with Crippen LogP contribution in [0.15, 0.2) is 23.1 Å². The van der Waals surface area contributed by atoms with Gasteiger partial charge in [0.25, 0.3) is 5.69 Å². The van der Waals surface area contributed by atoms with Crippen molar-refractivity contribution in [1.82, 2.24) is 10.0 Å². The van der Waals surface area contributed by atoms with Gasteiger partial charge in [0, 0.05) is 24.7 Å². The molecule has 2 rings (SSSR count). The number of non-ortho nitro benzene ring substituents is 1. The van der Waals surface area contributed by atoms with Gasteiger partial charge >= 0.3 is 0 Å². The summed E-state index contributed by atoms with van der Waals surface area (Å²) in [6.45, 7) is 1.27. The topological polar surface area (TPSA) is 101 Å². The lowest BCUT2D eigenvalue weighted by Crippen LogP contribution is -2.36. The number of nitrogens with one attached hydrogen (secondary N) is 2. The number of nitrogens with zero attached hydrogens (tertiary/aromatic N) is 1. The number of rotatable bonds is 4. The van der Waals surface area contributed by atoms with Crippen molar-refractivity contribution in [3.8, 4) is 0 Å². The van der Waals surface area contributed by atoms with Gasteiger partial charge in [-0.1, -0.05) is 11.6 Å². The molecule has 1 atom stereocenters. The van der Waals surface area contributed by atoms with E-state index >= 15 is 0 Å². The zero-order chi connectivity index (χ0) is 14.0. The van der Waals surface area contributed by atoms with Crippen LogP contribution in [-0.2, 0) is 10.0 Å². The third-order valence-electron chi connectivity index (χ3n) is 2.80. The molecule has 9 heteroatoms. The maximum absolute atomic E-state index is 12.1. The molecular weight excluding hydrogens is 294 g/mol. The van der Waals surface area contributed by atoms with Crippen LogP contribution < -0.4 is 10.0 Å². The minimum Gasteiger partial charge on any atom is -0.315 e. The molecule has 0 aliphatic carbocycles. The highest BCUT2D eigenvalue weighted by Gasteiger charge is 2.26. The van der Waals surface area contributed by atoms with Crippen LogP contribution in [0.3, 0.4) is 0 Å². The molecule has 0 amide bonds. The lowest BCUT2D eigenvalue weighted by Gasteiger charge is -2.12. The van der Waals surface area contributed by atoms with Crippen LogP contribution in [0.25, 0.3) is 0 Å². The monoisotopic (exact) mass is 305 g/mol. The van der Waals surface area contributed by atoms with Gasteiger partial charge in [0.05, 0.1) is 9.95 Å². The Morgan fingerprint density at radius 2 is 2.21 bits per heavy atom. The summed E-state index contributed by atoms with van der Waals surface area (Å²) in [6, 6.07) is 3.12. The summed E-state index contributed by atoms with van der Waals surface area (Å²) in [6.07, 6.45) is 0.672. The zero-order valence-corrected chi connectivity index (χ0v) is 11.4. The number of nitro benzene ring substituents is 1. The first-order valence-electron chi connectivity index (χ1n) is 5.57. The second-order valence-corrected chi connectivity index (χ2v) is 6.27. The van der Waals surface area contributed by atoms with Gasteiger partial charge in [-0.2, -0.15) is 0 Å². The molecule has 1 aliphatic heterocycles. The van der Waals surface area contributed by atoms with Gasteiger partial charge in [-0.25, -0.2) is 13.1 Å². The van der Waals surface area contributed by atoms with Crippen molar-refractivity contribution in [3.05, 3.63) is 33.3 Å². The van der Waals surface area contributed by atoms with E-state index in [2.05, 4.69) is 10.0 Å². The van der Waals surface area contributed by atoms with E-state index in [1.165, 1.54) is 12.1 Å². The van der Waals surface area contributed by atoms with E-state index in [4.69, 9.17) is 11.6 Å². The van der Waals surface area contributed by atoms with E-state index in [-0.39, 0.29) is 21.6 Å². The molecule has 1 aliphatic rings. The fourth-order valence-corrected chi connectivity index (χ4v) is 3.64. The molecule has 1 saturated heterocycles. The molecule has 2 N–H and O–H groups in total. The molecule has 1 aromatic rings. The molecule has 19 heavy (non-hydrogen) atoms. The van der Waals surface area contributed by atoms with Gasteiger partial charge in [0.2, 0.25) is 10.0 Å². The van der Waals surface area contributed by atoms with Crippen LogP contribution in [0.1, 0.15) is 6.42 Å². The van der Waals surface area contributed by atoms with E-state index in [1.54, 1.807) is 0 Å². The Labute approximate surface area is 115 Å². The summed E-state index contributed by atoms with van der Waals surface area (Å²) in [4.78, 5) is 9.74. The quantitative estimate of drug-likeness (QED) is 0.635. The third kappa shape index (κ3) is 3.21. The Morgan fingerprint density at radius 3 is 2.79 bits per heavy atom. The molecule has 0 aromatic heterocycles. The zero-order valence-electron chi connectivity index (χ0n) is 9.80. The molecule has 0 radical (unpaired) electrons. The minimum absolute atomic E-state index is 0.0379. The van der Waals surface area contributed by atoms with Crippen LogP contribution in [0.5, 0.6) is 0 Å². The molecule has 0 saturated carbocycles. The Balaban J connectivity index is 2.33. The number of hydrogen-bond donors (Lipinski definition) is 2. The Morgan fingerprint density at radius 1 is 1.47 bits per heavy atom. The third-order valence-corrected chi connectivity index (χ3v) is 4.80. The smallest absolute Gasteiger partial charge is 0.270 e. The molecule has 104 valence electrons. The number of benzene rings is 1. The largest absolute Gasteiger partial charge is 0.315 e. The fraction of sp³-hybridized carbons (Fsp3) is 0.400. The summed E-state index contributed by atoms with van der Waals surface area (Å²) in [7, 11) is -3.86. The summed E-state index contributed by atoms with van der Waals surface area (Å²) in [5.41, 5.74) is -0.311. The Bertz CT molecular complexity index is 599. The highest BCUT2D eigenvalue weighted by Crippen LogP contribution is 2.26. The van der Waals surface area contributed by atoms with Gasteiger partial charge in [0.15, 0.2) is 0 Å². The maximum Gasteiger partial charge on any atom is 0.270 e. The van der Waals surface area contributed by atoms with Gasteiger partial charge in [-0.15, -0.1) is 0 Å². The van der Waals surface area contributed by atoms with Crippen molar-refractivity contribution in [2.75, 3.05) is 13.1 Å². The van der Waals surface area contributed by atoms with Gasteiger partial charge < -0.3 is 5.32 Å². The highest BCUT2D eigenvalue weighted by atomic mass is 35.5. The van der Waals surface area contributed by atoms with Crippen molar-refractivity contribution >= 4 is 27.3 Å². The molecule has 1 unspecified atom stereocenters. The predicted octanol–water partition coefficient (Wildman–Crippen LogP) is 0.888. The minimum atomic E-state index is -3.86. The summed E-state index contributed by atoms with van der Waals surface area (Å²) in [5.74, 6) is 0. The molecular formula is C10H12ClN3O4S. The van der Waals surface area contributed by atoms with Crippen LogP contribution in [0.2, 0.25) is 5.02 Å². The molecule has 1 heterocycles. The lowest BCUT2D eigenvalue weighted by molar-refractivity contribution is -0.385. The average Bonchev–Trinajstić information content (AvgIpc) is 2.81. The Kier molecular flexibility index (Phi) is 4.04. The number of hydrogen-bond acceptors (Lipinski definition) is 5. The van der Waals surface area contributed by atoms with E-state index in [1.807, 2.05) is 0 Å². The molecule has 1 aromatic carbocycles. The molecule has 0 spiro atoms. The second-order valence-electron chi connectivity index (χ2n) is 4.18. The van der Waals surface area contributed by atoms with Gasteiger partial charge in [-0.3, -0.25) is 10.1 Å². The van der Waals surface area contributed by atoms with E-state index in [0.29, 0.717) is 13.0 Å². The maximum atomic E-state index is 12.1. The van der Waals surface area contributed by atoms with Crippen molar-refractivity contribution in [1.29, 1.82) is 0 Å². The normalized spacial score (nSPS) is 19.5. The van der Waals surface area contributed by atoms with Crippen LogP contribution in [0, 0.1) is 10.1 Å². The first kappa shape index (κ1) is 14.2. The van der Waals surface area contributed by atoms with Crippen molar-refractivity contribution in [3.63, 3.8) is 0 Å². The second kappa shape index (κ2) is 5.41.